The minimum absolute atomic E-state index is 0.267. The van der Waals surface area contributed by atoms with Crippen molar-refractivity contribution in [2.24, 2.45) is 11.8 Å². The number of hydrogen-bond donors (Lipinski definition) is 2. The molecule has 0 spiro atoms. The van der Waals surface area contributed by atoms with Crippen molar-refractivity contribution in [2.75, 3.05) is 5.32 Å². The van der Waals surface area contributed by atoms with E-state index in [2.05, 4.69) is 19.2 Å². The van der Waals surface area contributed by atoms with E-state index < -0.39 is 30.0 Å². The van der Waals surface area contributed by atoms with Crippen molar-refractivity contribution in [3.63, 3.8) is 0 Å². The lowest BCUT2D eigenvalue weighted by molar-refractivity contribution is -0.145. The molecule has 5 heteroatoms. The topological polar surface area (TPSA) is 75.6 Å². The standard InChI is InChI=1S/C17H19NO4/c1-9(2)10-5-3-4-6-11(10)18-16(19)14-12-7-8-13(22-12)15(14)17(20)21/h3-9,12-15H,1-2H3,(H,18,19)(H,20,21)/t12-,13-,14+,15+/m1/s1. The summed E-state index contributed by atoms with van der Waals surface area (Å²) in [7, 11) is 0. The first-order chi connectivity index (χ1) is 10.5. The molecular formula is C17H19NO4. The number of anilines is 1. The molecule has 2 heterocycles. The summed E-state index contributed by atoms with van der Waals surface area (Å²) in [5, 5.41) is 12.3. The van der Waals surface area contributed by atoms with Crippen LogP contribution in [0, 0.1) is 11.8 Å². The van der Waals surface area contributed by atoms with Crippen LogP contribution in [0.4, 0.5) is 5.69 Å². The van der Waals surface area contributed by atoms with Crippen LogP contribution in [0.25, 0.3) is 0 Å². The Balaban J connectivity index is 1.83. The van der Waals surface area contributed by atoms with E-state index in [-0.39, 0.29) is 11.8 Å². The summed E-state index contributed by atoms with van der Waals surface area (Å²) >= 11 is 0. The second-order valence-corrected chi connectivity index (χ2v) is 6.07. The fourth-order valence-corrected chi connectivity index (χ4v) is 3.25. The first-order valence-electron chi connectivity index (χ1n) is 7.45. The van der Waals surface area contributed by atoms with Crippen LogP contribution in [0.3, 0.4) is 0 Å². The summed E-state index contributed by atoms with van der Waals surface area (Å²) in [4.78, 5) is 24.0. The largest absolute Gasteiger partial charge is 0.481 e. The number of aliphatic carboxylic acids is 1. The van der Waals surface area contributed by atoms with E-state index >= 15 is 0 Å². The normalized spacial score (nSPS) is 29.0. The average Bonchev–Trinajstić information content (AvgIpc) is 3.08. The van der Waals surface area contributed by atoms with Gasteiger partial charge in [0.25, 0.3) is 0 Å². The molecule has 1 saturated heterocycles. The van der Waals surface area contributed by atoms with E-state index in [1.54, 1.807) is 12.2 Å². The number of nitrogens with one attached hydrogen (secondary N) is 1. The summed E-state index contributed by atoms with van der Waals surface area (Å²) in [6.45, 7) is 4.10. The molecule has 1 amide bonds. The van der Waals surface area contributed by atoms with Crippen molar-refractivity contribution in [1.82, 2.24) is 0 Å². The highest BCUT2D eigenvalue weighted by Gasteiger charge is 2.53. The number of amides is 1. The molecular weight excluding hydrogens is 282 g/mol. The van der Waals surface area contributed by atoms with Gasteiger partial charge >= 0.3 is 5.97 Å². The third-order valence-corrected chi connectivity index (χ3v) is 4.33. The molecule has 1 aromatic carbocycles. The molecule has 0 unspecified atom stereocenters. The summed E-state index contributed by atoms with van der Waals surface area (Å²) < 4.78 is 5.54. The predicted octanol–water partition coefficient (Wildman–Crippen LogP) is 2.40. The zero-order chi connectivity index (χ0) is 15.9. The van der Waals surface area contributed by atoms with Gasteiger partial charge in [-0.15, -0.1) is 0 Å². The average molecular weight is 301 g/mol. The zero-order valence-corrected chi connectivity index (χ0v) is 12.5. The van der Waals surface area contributed by atoms with Crippen LogP contribution in [0.15, 0.2) is 36.4 Å². The van der Waals surface area contributed by atoms with Gasteiger partial charge in [-0.1, -0.05) is 44.2 Å². The molecule has 2 N–H and O–H groups in total. The highest BCUT2D eigenvalue weighted by Crippen LogP contribution is 2.40. The molecule has 1 fully saturated rings. The van der Waals surface area contributed by atoms with E-state index in [9.17, 15) is 14.7 Å². The van der Waals surface area contributed by atoms with Gasteiger partial charge in [0.1, 0.15) is 5.92 Å². The maximum Gasteiger partial charge on any atom is 0.310 e. The van der Waals surface area contributed by atoms with Gasteiger partial charge in [-0.25, -0.2) is 0 Å². The van der Waals surface area contributed by atoms with Crippen LogP contribution < -0.4 is 5.32 Å². The molecule has 116 valence electrons. The number of benzene rings is 1. The van der Waals surface area contributed by atoms with E-state index in [1.165, 1.54) is 0 Å². The molecule has 0 saturated carbocycles. The first kappa shape index (κ1) is 14.8. The number of ether oxygens (including phenoxy) is 1. The Hall–Kier alpha value is -2.14. The molecule has 3 rings (SSSR count). The lowest BCUT2D eigenvalue weighted by Crippen LogP contribution is -2.39. The molecule has 5 nitrogen and oxygen atoms in total. The molecule has 2 bridgehead atoms. The first-order valence-corrected chi connectivity index (χ1v) is 7.45. The number of carboxylic acids is 1. The van der Waals surface area contributed by atoms with Crippen molar-refractivity contribution in [3.8, 4) is 0 Å². The summed E-state index contributed by atoms with van der Waals surface area (Å²) in [6, 6.07) is 7.58. The van der Waals surface area contributed by atoms with Gasteiger partial charge in [-0.3, -0.25) is 9.59 Å². The second-order valence-electron chi connectivity index (χ2n) is 6.07. The minimum atomic E-state index is -0.992. The van der Waals surface area contributed by atoms with Gasteiger partial charge in [-0.05, 0) is 17.5 Å². The quantitative estimate of drug-likeness (QED) is 0.837. The maximum absolute atomic E-state index is 12.6. The number of hydrogen-bond acceptors (Lipinski definition) is 3. The summed E-state index contributed by atoms with van der Waals surface area (Å²) in [5.41, 5.74) is 1.76. The Labute approximate surface area is 129 Å². The van der Waals surface area contributed by atoms with Crippen molar-refractivity contribution in [1.29, 1.82) is 0 Å². The van der Waals surface area contributed by atoms with Crippen LogP contribution in [0.2, 0.25) is 0 Å². The monoisotopic (exact) mass is 301 g/mol. The molecule has 22 heavy (non-hydrogen) atoms. The number of rotatable bonds is 4. The third-order valence-electron chi connectivity index (χ3n) is 4.33. The van der Waals surface area contributed by atoms with Crippen molar-refractivity contribution < 1.29 is 19.4 Å². The van der Waals surface area contributed by atoms with E-state index in [4.69, 9.17) is 4.74 Å². The Morgan fingerprint density at radius 3 is 2.41 bits per heavy atom. The predicted molar refractivity (Wildman–Crippen MR) is 81.6 cm³/mol. The van der Waals surface area contributed by atoms with Crippen LogP contribution in [0.1, 0.15) is 25.3 Å². The lowest BCUT2D eigenvalue weighted by atomic mass is 9.82. The van der Waals surface area contributed by atoms with E-state index in [0.717, 1.165) is 11.3 Å². The van der Waals surface area contributed by atoms with Gasteiger partial charge in [-0.2, -0.15) is 0 Å². The van der Waals surface area contributed by atoms with Gasteiger partial charge in [0, 0.05) is 5.69 Å². The molecule has 2 aliphatic rings. The fourth-order valence-electron chi connectivity index (χ4n) is 3.25. The van der Waals surface area contributed by atoms with Crippen LogP contribution >= 0.6 is 0 Å². The Morgan fingerprint density at radius 1 is 1.14 bits per heavy atom. The van der Waals surface area contributed by atoms with Crippen molar-refractivity contribution >= 4 is 17.6 Å². The fraction of sp³-hybridized carbons (Fsp3) is 0.412. The summed E-state index contributed by atoms with van der Waals surface area (Å²) in [5.74, 6) is -2.52. The van der Waals surface area contributed by atoms with Crippen LogP contribution in [0.5, 0.6) is 0 Å². The summed E-state index contributed by atoms with van der Waals surface area (Å²) in [6.07, 6.45) is 2.56. The zero-order valence-electron chi connectivity index (χ0n) is 12.5. The highest BCUT2D eigenvalue weighted by molar-refractivity contribution is 5.97. The van der Waals surface area contributed by atoms with Crippen molar-refractivity contribution in [2.45, 2.75) is 32.0 Å². The second kappa shape index (κ2) is 5.57. The lowest BCUT2D eigenvalue weighted by Gasteiger charge is -2.22. The Kier molecular flexibility index (Phi) is 3.74. The molecule has 0 aliphatic carbocycles. The smallest absolute Gasteiger partial charge is 0.310 e. The number of fused-ring (bicyclic) bond motifs is 2. The number of carbonyl (C=O) groups is 2. The van der Waals surface area contributed by atoms with Gasteiger partial charge in [0.2, 0.25) is 5.91 Å². The van der Waals surface area contributed by atoms with Gasteiger partial charge < -0.3 is 15.2 Å². The molecule has 2 aliphatic heterocycles. The third kappa shape index (κ3) is 2.41. The Morgan fingerprint density at radius 2 is 1.77 bits per heavy atom. The van der Waals surface area contributed by atoms with E-state index in [0.29, 0.717) is 0 Å². The number of para-hydroxylation sites is 1. The van der Waals surface area contributed by atoms with Crippen molar-refractivity contribution in [3.05, 3.63) is 42.0 Å². The SMILES string of the molecule is CC(C)c1ccccc1NC(=O)[C@@H]1[C@@H](C(=O)O)[C@H]2C=C[C@H]1O2. The minimum Gasteiger partial charge on any atom is -0.481 e. The van der Waals surface area contributed by atoms with Gasteiger partial charge in [0.15, 0.2) is 0 Å². The molecule has 1 aromatic rings. The molecule has 0 aromatic heterocycles. The maximum atomic E-state index is 12.6. The highest BCUT2D eigenvalue weighted by atomic mass is 16.5. The van der Waals surface area contributed by atoms with Crippen LogP contribution in [-0.2, 0) is 14.3 Å². The van der Waals surface area contributed by atoms with Gasteiger partial charge in [0.05, 0.1) is 18.1 Å². The molecule has 0 radical (unpaired) electrons. The van der Waals surface area contributed by atoms with Crippen LogP contribution in [-0.4, -0.2) is 29.2 Å². The molecule has 4 atom stereocenters. The Bertz CT molecular complexity index is 637. The van der Waals surface area contributed by atoms with E-state index in [1.807, 2.05) is 24.3 Å². The number of carbonyl (C=O) groups excluding carboxylic acids is 1. The number of carboxylic acid groups (broad SMARTS) is 1.